The summed E-state index contributed by atoms with van der Waals surface area (Å²) in [5.74, 6) is 0. The molecule has 7 aromatic rings. The van der Waals surface area contributed by atoms with Gasteiger partial charge in [0.25, 0.3) is 11.1 Å². The first-order valence-corrected chi connectivity index (χ1v) is 15.3. The van der Waals surface area contributed by atoms with Crippen LogP contribution in [0.2, 0.25) is 0 Å². The van der Waals surface area contributed by atoms with Crippen LogP contribution in [0, 0.1) is 13.8 Å². The SMILES string of the molecule is Cc1c2cc(-c3cn(C)n(-c4cccs4)c3=O)sc2c(C)c2cc(-c3cn(C)n(-c4cccs4)c3=O)sc12. The monoisotopic (exact) mass is 574 g/mol. The van der Waals surface area contributed by atoms with Gasteiger partial charge in [0.1, 0.15) is 10.0 Å². The number of nitrogens with zero attached hydrogens (tertiary/aromatic N) is 4. The topological polar surface area (TPSA) is 53.9 Å². The van der Waals surface area contributed by atoms with Gasteiger partial charge in [-0.25, -0.2) is 9.36 Å². The average Bonchev–Trinajstić information content (AvgIpc) is 3.70. The lowest BCUT2D eigenvalue weighted by atomic mass is 10.0. The highest BCUT2D eigenvalue weighted by Gasteiger charge is 2.21. The van der Waals surface area contributed by atoms with Crippen LogP contribution < -0.4 is 11.1 Å². The van der Waals surface area contributed by atoms with Gasteiger partial charge in [-0.1, -0.05) is 0 Å². The number of fused-ring (bicyclic) bond motifs is 2. The van der Waals surface area contributed by atoms with Crippen LogP contribution in [0.1, 0.15) is 11.1 Å². The van der Waals surface area contributed by atoms with E-state index < -0.39 is 0 Å². The van der Waals surface area contributed by atoms with Gasteiger partial charge in [0, 0.05) is 45.6 Å². The van der Waals surface area contributed by atoms with Crippen molar-refractivity contribution in [3.63, 3.8) is 0 Å². The molecule has 1 aromatic carbocycles. The molecule has 0 aliphatic heterocycles. The second-order valence-electron chi connectivity index (χ2n) is 9.33. The second kappa shape index (κ2) is 8.54. The van der Waals surface area contributed by atoms with E-state index in [1.807, 2.05) is 70.9 Å². The van der Waals surface area contributed by atoms with Crippen molar-refractivity contribution in [3.8, 4) is 30.9 Å². The van der Waals surface area contributed by atoms with Gasteiger partial charge < -0.3 is 0 Å². The summed E-state index contributed by atoms with van der Waals surface area (Å²) in [5.41, 5.74) is 3.78. The van der Waals surface area contributed by atoms with E-state index in [9.17, 15) is 9.59 Å². The zero-order valence-electron chi connectivity index (χ0n) is 21.0. The minimum Gasteiger partial charge on any atom is -0.287 e. The van der Waals surface area contributed by atoms with Crippen molar-refractivity contribution >= 4 is 65.5 Å². The van der Waals surface area contributed by atoms with Crippen molar-refractivity contribution in [2.24, 2.45) is 14.1 Å². The van der Waals surface area contributed by atoms with Gasteiger partial charge in [-0.3, -0.25) is 19.0 Å². The van der Waals surface area contributed by atoms with Crippen molar-refractivity contribution < 1.29 is 0 Å². The maximum Gasteiger partial charge on any atom is 0.280 e. The highest BCUT2D eigenvalue weighted by molar-refractivity contribution is 7.24. The highest BCUT2D eigenvalue weighted by atomic mass is 32.1. The molecule has 0 atom stereocenters. The van der Waals surface area contributed by atoms with Crippen molar-refractivity contribution in [2.45, 2.75) is 13.8 Å². The van der Waals surface area contributed by atoms with E-state index in [0.29, 0.717) is 11.1 Å². The maximum absolute atomic E-state index is 13.4. The second-order valence-corrected chi connectivity index (χ2v) is 13.3. The molecule has 6 nitrogen and oxygen atoms in total. The Hall–Kier alpha value is -3.44. The molecule has 0 saturated heterocycles. The number of aromatic nitrogens is 4. The van der Waals surface area contributed by atoms with Crippen molar-refractivity contribution in [1.29, 1.82) is 0 Å². The molecule has 0 saturated carbocycles. The van der Waals surface area contributed by atoms with E-state index in [4.69, 9.17) is 0 Å². The zero-order chi connectivity index (χ0) is 26.3. The van der Waals surface area contributed by atoms with Gasteiger partial charge >= 0.3 is 0 Å². The molecule has 0 aliphatic rings. The number of hydrogen-bond acceptors (Lipinski definition) is 6. The Morgan fingerprint density at radius 2 is 1.08 bits per heavy atom. The van der Waals surface area contributed by atoms with E-state index in [0.717, 1.165) is 19.8 Å². The van der Waals surface area contributed by atoms with Crippen LogP contribution in [0.15, 0.2) is 69.1 Å². The largest absolute Gasteiger partial charge is 0.287 e. The average molecular weight is 575 g/mol. The summed E-state index contributed by atoms with van der Waals surface area (Å²) in [5, 5.41) is 8.11. The normalized spacial score (nSPS) is 11.9. The van der Waals surface area contributed by atoms with Gasteiger partial charge in [-0.05, 0) is 82.9 Å². The van der Waals surface area contributed by atoms with Crippen molar-refractivity contribution in [2.75, 3.05) is 0 Å². The molecule has 190 valence electrons. The van der Waals surface area contributed by atoms with Crippen LogP contribution in [-0.2, 0) is 14.1 Å². The van der Waals surface area contributed by atoms with Crippen molar-refractivity contribution in [1.82, 2.24) is 18.7 Å². The molecular formula is C28H22N4O2S4. The number of aryl methyl sites for hydroxylation is 4. The Kier molecular flexibility index (Phi) is 5.31. The summed E-state index contributed by atoms with van der Waals surface area (Å²) in [6, 6.07) is 12.1. The predicted molar refractivity (Wildman–Crippen MR) is 162 cm³/mol. The molecule has 6 heterocycles. The van der Waals surface area contributed by atoms with E-state index in [-0.39, 0.29) is 11.1 Å². The minimum atomic E-state index is -0.00740. The third kappa shape index (κ3) is 3.34. The summed E-state index contributed by atoms with van der Waals surface area (Å²) >= 11 is 6.43. The molecule has 0 fully saturated rings. The Bertz CT molecular complexity index is 1900. The van der Waals surface area contributed by atoms with Gasteiger partial charge in [0.15, 0.2) is 0 Å². The first-order valence-electron chi connectivity index (χ1n) is 12.0. The molecule has 0 amide bonds. The summed E-state index contributed by atoms with van der Waals surface area (Å²) in [7, 11) is 3.81. The standard InChI is InChI=1S/C28H22N4O2S4/c1-15-17-11-21(19-13-29(3)31(27(19)33)23-7-5-9-35-23)38-26(17)16(2)18-12-22(37-25(15)18)20-14-30(4)32(28(20)34)24-8-6-10-36-24/h5-14H,1-4H3. The van der Waals surface area contributed by atoms with E-state index in [1.54, 1.807) is 54.7 Å². The third-order valence-electron chi connectivity index (χ3n) is 7.02. The lowest BCUT2D eigenvalue weighted by molar-refractivity contribution is 0.654. The summed E-state index contributed by atoms with van der Waals surface area (Å²) in [6.07, 6.45) is 3.85. The van der Waals surface area contributed by atoms with Crippen LogP contribution in [-0.4, -0.2) is 18.7 Å². The number of thiophene rings is 4. The molecule has 0 spiro atoms. The van der Waals surface area contributed by atoms with Gasteiger partial charge in [-0.2, -0.15) is 0 Å². The van der Waals surface area contributed by atoms with Gasteiger partial charge in [0.2, 0.25) is 0 Å². The summed E-state index contributed by atoms with van der Waals surface area (Å²) in [6.45, 7) is 4.29. The predicted octanol–water partition coefficient (Wildman–Crippen LogP) is 7.17. The van der Waals surface area contributed by atoms with E-state index in [1.165, 1.54) is 31.3 Å². The number of benzene rings is 1. The lowest BCUT2D eigenvalue weighted by Crippen LogP contribution is -2.18. The number of rotatable bonds is 4. The molecule has 10 heteroatoms. The first kappa shape index (κ1) is 23.7. The molecular weight excluding hydrogens is 553 g/mol. The molecule has 0 radical (unpaired) electrons. The van der Waals surface area contributed by atoms with E-state index in [2.05, 4.69) is 26.0 Å². The fourth-order valence-electron chi connectivity index (χ4n) is 5.15. The third-order valence-corrected chi connectivity index (χ3v) is 11.3. The fourth-order valence-corrected chi connectivity index (χ4v) is 9.14. The Balaban J connectivity index is 1.38. The molecule has 38 heavy (non-hydrogen) atoms. The molecule has 6 aromatic heterocycles. The summed E-state index contributed by atoms with van der Waals surface area (Å²) < 4.78 is 9.53. The van der Waals surface area contributed by atoms with Crippen molar-refractivity contribution in [3.05, 3.63) is 91.4 Å². The highest BCUT2D eigenvalue weighted by Crippen LogP contribution is 2.44. The van der Waals surface area contributed by atoms with Crippen LogP contribution in [0.5, 0.6) is 0 Å². The van der Waals surface area contributed by atoms with Crippen LogP contribution in [0.25, 0.3) is 51.1 Å². The number of hydrogen-bond donors (Lipinski definition) is 0. The smallest absolute Gasteiger partial charge is 0.280 e. The lowest BCUT2D eigenvalue weighted by Gasteiger charge is -2.03. The van der Waals surface area contributed by atoms with Crippen LogP contribution >= 0.6 is 45.3 Å². The Labute approximate surface area is 233 Å². The zero-order valence-corrected chi connectivity index (χ0v) is 24.3. The van der Waals surface area contributed by atoms with E-state index >= 15 is 0 Å². The molecule has 0 bridgehead atoms. The molecule has 0 aliphatic carbocycles. The molecule has 0 unspecified atom stereocenters. The van der Waals surface area contributed by atoms with Gasteiger partial charge in [0.05, 0.1) is 11.1 Å². The quantitative estimate of drug-likeness (QED) is 0.224. The summed E-state index contributed by atoms with van der Waals surface area (Å²) in [4.78, 5) is 28.7. The Morgan fingerprint density at radius 3 is 1.45 bits per heavy atom. The maximum atomic E-state index is 13.4. The fraction of sp³-hybridized carbons (Fsp3) is 0.143. The van der Waals surface area contributed by atoms with Crippen LogP contribution in [0.3, 0.4) is 0 Å². The molecule has 7 rings (SSSR count). The Morgan fingerprint density at radius 1 is 0.658 bits per heavy atom. The minimum absolute atomic E-state index is 0.00740. The van der Waals surface area contributed by atoms with Gasteiger partial charge in [-0.15, -0.1) is 45.3 Å². The van der Waals surface area contributed by atoms with Crippen LogP contribution in [0.4, 0.5) is 0 Å². The first-order chi connectivity index (χ1) is 18.3. The molecule has 0 N–H and O–H groups in total.